The molecule has 0 aliphatic rings. The van der Waals surface area contributed by atoms with Crippen molar-refractivity contribution in [3.8, 4) is 11.5 Å². The maximum absolute atomic E-state index is 11.9. The van der Waals surface area contributed by atoms with Gasteiger partial charge in [-0.1, -0.05) is 17.7 Å². The fraction of sp³-hybridized carbons (Fsp3) is 0.211. The minimum absolute atomic E-state index is 0.377. The number of nitrogens with zero attached hydrogens (tertiary/aromatic N) is 1. The molecule has 0 heterocycles. The van der Waals surface area contributed by atoms with E-state index in [0.717, 1.165) is 5.56 Å². The van der Waals surface area contributed by atoms with E-state index in [2.05, 4.69) is 15.8 Å². The van der Waals surface area contributed by atoms with Crippen molar-refractivity contribution in [3.63, 3.8) is 0 Å². The van der Waals surface area contributed by atoms with Crippen molar-refractivity contribution in [1.29, 1.82) is 0 Å². The Bertz CT molecular complexity index is 868. The molecule has 7 nitrogen and oxygen atoms in total. The van der Waals surface area contributed by atoms with Crippen LogP contribution in [0.25, 0.3) is 0 Å². The summed E-state index contributed by atoms with van der Waals surface area (Å²) in [7, 11) is 3.07. The van der Waals surface area contributed by atoms with Gasteiger partial charge in [0, 0.05) is 16.3 Å². The molecule has 8 heteroatoms. The highest BCUT2D eigenvalue weighted by Gasteiger charge is 2.10. The topological polar surface area (TPSA) is 89.0 Å². The fourth-order valence-electron chi connectivity index (χ4n) is 2.18. The zero-order valence-corrected chi connectivity index (χ0v) is 16.0. The average Bonchev–Trinajstić information content (AvgIpc) is 2.64. The highest BCUT2D eigenvalue weighted by Crippen LogP contribution is 2.22. The maximum atomic E-state index is 11.9. The Labute approximate surface area is 162 Å². The quantitative estimate of drug-likeness (QED) is 0.432. The van der Waals surface area contributed by atoms with Crippen molar-refractivity contribution in [2.24, 2.45) is 5.10 Å². The van der Waals surface area contributed by atoms with E-state index in [4.69, 9.17) is 21.1 Å². The first kappa shape index (κ1) is 20.3. The summed E-state index contributed by atoms with van der Waals surface area (Å²) in [5.41, 5.74) is 4.34. The van der Waals surface area contributed by atoms with Gasteiger partial charge >= 0.3 is 0 Å². The lowest BCUT2D eigenvalue weighted by atomic mass is 10.2. The highest BCUT2D eigenvalue weighted by atomic mass is 35.5. The van der Waals surface area contributed by atoms with Gasteiger partial charge in [0.25, 0.3) is 0 Å². The van der Waals surface area contributed by atoms with Gasteiger partial charge in [-0.2, -0.15) is 5.10 Å². The van der Waals surface area contributed by atoms with Crippen LogP contribution in [0.3, 0.4) is 0 Å². The second-order valence-electron chi connectivity index (χ2n) is 5.59. The molecule has 142 valence electrons. The molecule has 2 aromatic carbocycles. The van der Waals surface area contributed by atoms with E-state index < -0.39 is 11.8 Å². The van der Waals surface area contributed by atoms with Gasteiger partial charge in [0.2, 0.25) is 11.8 Å². The summed E-state index contributed by atoms with van der Waals surface area (Å²) in [6.07, 6.45) is 1.04. The summed E-state index contributed by atoms with van der Waals surface area (Å²) >= 11 is 6.01. The molecule has 0 bridgehead atoms. The van der Waals surface area contributed by atoms with Crippen molar-refractivity contribution in [1.82, 2.24) is 5.43 Å². The molecule has 0 aliphatic carbocycles. The Morgan fingerprint density at radius 1 is 1.11 bits per heavy atom. The molecule has 0 spiro atoms. The molecular weight excluding hydrogens is 370 g/mol. The first-order chi connectivity index (χ1) is 12.9. The van der Waals surface area contributed by atoms with Crippen LogP contribution in [0.2, 0.25) is 5.02 Å². The Morgan fingerprint density at radius 2 is 1.89 bits per heavy atom. The lowest BCUT2D eigenvalue weighted by Crippen LogP contribution is -2.24. The third kappa shape index (κ3) is 6.00. The van der Waals surface area contributed by atoms with Gasteiger partial charge in [-0.15, -0.1) is 0 Å². The monoisotopic (exact) mass is 389 g/mol. The number of hydrazone groups is 1. The number of carbonyl (C=O) groups is 2. The first-order valence-corrected chi connectivity index (χ1v) is 8.40. The van der Waals surface area contributed by atoms with Crippen LogP contribution < -0.4 is 20.2 Å². The van der Waals surface area contributed by atoms with Crippen LogP contribution in [0.4, 0.5) is 5.69 Å². The van der Waals surface area contributed by atoms with Crippen LogP contribution in [0.5, 0.6) is 11.5 Å². The lowest BCUT2D eigenvalue weighted by Gasteiger charge is -2.07. The minimum atomic E-state index is -0.552. The van der Waals surface area contributed by atoms with Gasteiger partial charge in [-0.25, -0.2) is 5.43 Å². The number of nitrogens with one attached hydrogen (secondary N) is 2. The SMILES string of the molecule is COc1ccc(OC)c(C=NNC(=O)CC(=O)Nc2ccc(C)c(Cl)c2)c1. The number of aryl methyl sites for hydroxylation is 1. The molecule has 0 atom stereocenters. The number of hydrogen-bond acceptors (Lipinski definition) is 5. The van der Waals surface area contributed by atoms with E-state index >= 15 is 0 Å². The standard InChI is InChI=1S/C19H20ClN3O4/c1-12-4-5-14(9-16(12)20)22-18(24)10-19(25)23-21-11-13-8-15(26-2)6-7-17(13)27-3/h4-9,11H,10H2,1-3H3,(H,22,24)(H,23,25). The molecule has 0 saturated heterocycles. The molecule has 2 rings (SSSR count). The number of anilines is 1. The van der Waals surface area contributed by atoms with E-state index in [1.165, 1.54) is 13.3 Å². The third-order valence-electron chi connectivity index (χ3n) is 3.61. The number of hydrogen-bond donors (Lipinski definition) is 2. The normalized spacial score (nSPS) is 10.5. The Morgan fingerprint density at radius 3 is 2.56 bits per heavy atom. The van der Waals surface area contributed by atoms with Crippen molar-refractivity contribution < 1.29 is 19.1 Å². The molecule has 0 unspecified atom stereocenters. The van der Waals surface area contributed by atoms with Crippen LogP contribution in [-0.2, 0) is 9.59 Å². The van der Waals surface area contributed by atoms with Crippen LogP contribution >= 0.6 is 11.6 Å². The summed E-state index contributed by atoms with van der Waals surface area (Å²) < 4.78 is 10.4. The predicted octanol–water partition coefficient (Wildman–Crippen LogP) is 3.14. The summed E-state index contributed by atoms with van der Waals surface area (Å²) in [5, 5.41) is 7.00. The number of amides is 2. The van der Waals surface area contributed by atoms with Gasteiger partial charge < -0.3 is 14.8 Å². The minimum Gasteiger partial charge on any atom is -0.497 e. The molecule has 2 aromatic rings. The molecule has 2 amide bonds. The predicted molar refractivity (Wildman–Crippen MR) is 105 cm³/mol. The van der Waals surface area contributed by atoms with E-state index in [9.17, 15) is 9.59 Å². The molecule has 0 fully saturated rings. The lowest BCUT2D eigenvalue weighted by molar-refractivity contribution is -0.126. The van der Waals surface area contributed by atoms with Crippen LogP contribution in [0.1, 0.15) is 17.5 Å². The zero-order chi connectivity index (χ0) is 19.8. The van der Waals surface area contributed by atoms with Gasteiger partial charge in [-0.05, 0) is 42.8 Å². The van der Waals surface area contributed by atoms with Gasteiger partial charge in [0.15, 0.2) is 0 Å². The number of carbonyl (C=O) groups excluding carboxylic acids is 2. The maximum Gasteiger partial charge on any atom is 0.249 e. The molecular formula is C19H20ClN3O4. The largest absolute Gasteiger partial charge is 0.497 e. The smallest absolute Gasteiger partial charge is 0.249 e. The summed E-state index contributed by atoms with van der Waals surface area (Å²) in [6, 6.07) is 10.3. The van der Waals surface area contributed by atoms with Crippen LogP contribution in [0, 0.1) is 6.92 Å². The number of halogens is 1. The van der Waals surface area contributed by atoms with Crippen molar-refractivity contribution in [3.05, 3.63) is 52.5 Å². The van der Waals surface area contributed by atoms with E-state index in [0.29, 0.717) is 27.8 Å². The summed E-state index contributed by atoms with van der Waals surface area (Å²) in [4.78, 5) is 23.8. The fourth-order valence-corrected chi connectivity index (χ4v) is 2.36. The first-order valence-electron chi connectivity index (χ1n) is 8.03. The van der Waals surface area contributed by atoms with Crippen LogP contribution in [0.15, 0.2) is 41.5 Å². The number of ether oxygens (including phenoxy) is 2. The Kier molecular flexibility index (Phi) is 7.19. The van der Waals surface area contributed by atoms with E-state index in [1.54, 1.807) is 43.5 Å². The third-order valence-corrected chi connectivity index (χ3v) is 4.01. The van der Waals surface area contributed by atoms with Gasteiger partial charge in [0.05, 0.1) is 20.4 Å². The van der Waals surface area contributed by atoms with Crippen molar-refractivity contribution in [2.75, 3.05) is 19.5 Å². The van der Waals surface area contributed by atoms with Gasteiger partial charge in [-0.3, -0.25) is 9.59 Å². The molecule has 0 saturated carbocycles. The van der Waals surface area contributed by atoms with E-state index in [-0.39, 0.29) is 6.42 Å². The molecule has 0 aromatic heterocycles. The zero-order valence-electron chi connectivity index (χ0n) is 15.2. The number of benzene rings is 2. The summed E-state index contributed by atoms with van der Waals surface area (Å²) in [5.74, 6) is 0.174. The number of methoxy groups -OCH3 is 2. The van der Waals surface area contributed by atoms with Crippen LogP contribution in [-0.4, -0.2) is 32.2 Å². The summed E-state index contributed by atoms with van der Waals surface area (Å²) in [6.45, 7) is 1.86. The van der Waals surface area contributed by atoms with Crippen molar-refractivity contribution in [2.45, 2.75) is 13.3 Å². The average molecular weight is 390 g/mol. The molecule has 2 N–H and O–H groups in total. The number of rotatable bonds is 7. The Hall–Kier alpha value is -3.06. The molecule has 0 aliphatic heterocycles. The van der Waals surface area contributed by atoms with E-state index in [1.807, 2.05) is 6.92 Å². The second-order valence-corrected chi connectivity index (χ2v) is 6.00. The van der Waals surface area contributed by atoms with Crippen molar-refractivity contribution >= 4 is 35.3 Å². The highest BCUT2D eigenvalue weighted by molar-refractivity contribution is 6.31. The second kappa shape index (κ2) is 9.59. The molecule has 0 radical (unpaired) electrons. The molecule has 27 heavy (non-hydrogen) atoms. The van der Waals surface area contributed by atoms with Gasteiger partial charge in [0.1, 0.15) is 17.9 Å². The Balaban J connectivity index is 1.91.